The number of urea groups is 1. The van der Waals surface area contributed by atoms with Crippen molar-refractivity contribution in [3.05, 3.63) is 29.8 Å². The van der Waals surface area contributed by atoms with Crippen LogP contribution >= 0.6 is 11.8 Å². The first-order chi connectivity index (χ1) is 12.0. The predicted molar refractivity (Wildman–Crippen MR) is 96.7 cm³/mol. The van der Waals surface area contributed by atoms with Gasteiger partial charge in [-0.3, -0.25) is 14.5 Å². The second-order valence-electron chi connectivity index (χ2n) is 5.66. The van der Waals surface area contributed by atoms with Gasteiger partial charge in [-0.15, -0.1) is 0 Å². The van der Waals surface area contributed by atoms with Crippen molar-refractivity contribution in [1.82, 2.24) is 15.5 Å². The van der Waals surface area contributed by atoms with E-state index in [1.54, 1.807) is 18.9 Å². The van der Waals surface area contributed by atoms with Crippen molar-refractivity contribution in [2.24, 2.45) is 0 Å². The summed E-state index contributed by atoms with van der Waals surface area (Å²) in [7, 11) is 1.61. The fraction of sp³-hybridized carbons (Fsp3) is 0.471. The number of nitrogens with one attached hydrogen (secondary N) is 2. The molecule has 4 amide bonds. The molecule has 8 heteroatoms. The van der Waals surface area contributed by atoms with Gasteiger partial charge in [-0.05, 0) is 42.5 Å². The van der Waals surface area contributed by atoms with E-state index in [1.807, 2.05) is 30.5 Å². The largest absolute Gasteiger partial charge is 0.497 e. The molecule has 136 valence electrons. The topological polar surface area (TPSA) is 87.7 Å². The van der Waals surface area contributed by atoms with E-state index in [-0.39, 0.29) is 18.4 Å². The van der Waals surface area contributed by atoms with Crippen LogP contribution in [-0.4, -0.2) is 61.0 Å². The average Bonchev–Trinajstić information content (AvgIpc) is 2.88. The van der Waals surface area contributed by atoms with Gasteiger partial charge in [0.15, 0.2) is 0 Å². The molecule has 0 aromatic heterocycles. The Kier molecular flexibility index (Phi) is 7.12. The maximum absolute atomic E-state index is 12.2. The number of carbonyl (C=O) groups excluding carboxylic acids is 3. The van der Waals surface area contributed by atoms with Crippen molar-refractivity contribution in [3.8, 4) is 5.75 Å². The van der Waals surface area contributed by atoms with Gasteiger partial charge < -0.3 is 15.4 Å². The maximum atomic E-state index is 12.2. The zero-order valence-electron chi connectivity index (χ0n) is 14.4. The molecular formula is C17H23N3O4S. The fourth-order valence-electron chi connectivity index (χ4n) is 2.50. The van der Waals surface area contributed by atoms with Crippen molar-refractivity contribution in [2.75, 3.05) is 32.2 Å². The molecule has 1 aromatic carbocycles. The molecule has 0 bridgehead atoms. The lowest BCUT2D eigenvalue weighted by atomic mass is 10.1. The normalized spacial score (nSPS) is 16.7. The number of carbonyl (C=O) groups is 3. The summed E-state index contributed by atoms with van der Waals surface area (Å²) in [6, 6.07) is 6.56. The summed E-state index contributed by atoms with van der Waals surface area (Å²) in [5.41, 5.74) is 1.06. The molecule has 0 unspecified atom stereocenters. The van der Waals surface area contributed by atoms with E-state index >= 15 is 0 Å². The van der Waals surface area contributed by atoms with Crippen LogP contribution in [0.15, 0.2) is 24.3 Å². The number of methoxy groups -OCH3 is 1. The quantitative estimate of drug-likeness (QED) is 0.638. The molecule has 7 nitrogen and oxygen atoms in total. The lowest BCUT2D eigenvalue weighted by Gasteiger charge is -2.13. The van der Waals surface area contributed by atoms with Crippen molar-refractivity contribution in [1.29, 1.82) is 0 Å². The van der Waals surface area contributed by atoms with E-state index in [9.17, 15) is 14.4 Å². The number of benzene rings is 1. The Balaban J connectivity index is 1.75. The molecule has 1 aliphatic heterocycles. The Bertz CT molecular complexity index is 621. The van der Waals surface area contributed by atoms with Gasteiger partial charge in [0.05, 0.1) is 7.11 Å². The Morgan fingerprint density at radius 2 is 2.04 bits per heavy atom. The molecule has 0 radical (unpaired) electrons. The van der Waals surface area contributed by atoms with E-state index in [2.05, 4.69) is 10.6 Å². The van der Waals surface area contributed by atoms with Crippen LogP contribution in [0.2, 0.25) is 0 Å². The molecule has 2 N–H and O–H groups in total. The summed E-state index contributed by atoms with van der Waals surface area (Å²) < 4.78 is 5.09. The fourth-order valence-corrected chi connectivity index (χ4v) is 2.97. The molecule has 1 aromatic rings. The SMILES string of the molecule is COc1ccc(CCNC(=O)CN2C(=O)N[C@@H](CCSC)C2=O)cc1. The highest BCUT2D eigenvalue weighted by molar-refractivity contribution is 7.98. The maximum Gasteiger partial charge on any atom is 0.325 e. The summed E-state index contributed by atoms with van der Waals surface area (Å²) in [6.45, 7) is 0.188. The first-order valence-electron chi connectivity index (χ1n) is 8.05. The lowest BCUT2D eigenvalue weighted by molar-refractivity contribution is -0.132. The van der Waals surface area contributed by atoms with Crippen LogP contribution in [0.5, 0.6) is 5.75 Å². The van der Waals surface area contributed by atoms with Crippen LogP contribution < -0.4 is 15.4 Å². The number of hydrogen-bond donors (Lipinski definition) is 2. The van der Waals surface area contributed by atoms with E-state index in [0.717, 1.165) is 22.0 Å². The number of nitrogens with zero attached hydrogens (tertiary/aromatic N) is 1. The number of rotatable bonds is 9. The molecule has 25 heavy (non-hydrogen) atoms. The molecule has 1 fully saturated rings. The van der Waals surface area contributed by atoms with Crippen LogP contribution in [0.25, 0.3) is 0 Å². The van der Waals surface area contributed by atoms with E-state index in [0.29, 0.717) is 19.4 Å². The van der Waals surface area contributed by atoms with Crippen molar-refractivity contribution in [2.45, 2.75) is 18.9 Å². The first-order valence-corrected chi connectivity index (χ1v) is 9.45. The minimum Gasteiger partial charge on any atom is -0.497 e. The van der Waals surface area contributed by atoms with Crippen LogP contribution in [-0.2, 0) is 16.0 Å². The lowest BCUT2D eigenvalue weighted by Crippen LogP contribution is -2.41. The van der Waals surface area contributed by atoms with Gasteiger partial charge >= 0.3 is 6.03 Å². The number of ether oxygens (including phenoxy) is 1. The average molecular weight is 365 g/mol. The highest BCUT2D eigenvalue weighted by atomic mass is 32.2. The van der Waals surface area contributed by atoms with Gasteiger partial charge in [0.25, 0.3) is 5.91 Å². The molecule has 0 aliphatic carbocycles. The summed E-state index contributed by atoms with van der Waals surface area (Å²) >= 11 is 1.61. The summed E-state index contributed by atoms with van der Waals surface area (Å²) in [6.07, 6.45) is 3.17. The molecule has 1 saturated heterocycles. The third kappa shape index (κ3) is 5.38. The Morgan fingerprint density at radius 3 is 2.68 bits per heavy atom. The summed E-state index contributed by atoms with van der Waals surface area (Å²) in [4.78, 5) is 37.0. The monoisotopic (exact) mass is 365 g/mol. The van der Waals surface area contributed by atoms with Gasteiger partial charge in [0.2, 0.25) is 5.91 Å². The van der Waals surface area contributed by atoms with Crippen LogP contribution in [0.4, 0.5) is 4.79 Å². The van der Waals surface area contributed by atoms with Gasteiger partial charge in [-0.1, -0.05) is 12.1 Å². The van der Waals surface area contributed by atoms with E-state index < -0.39 is 12.1 Å². The number of imide groups is 1. The summed E-state index contributed by atoms with van der Waals surface area (Å²) in [5.74, 6) is 0.882. The molecular weight excluding hydrogens is 342 g/mol. The van der Waals surface area contributed by atoms with Gasteiger partial charge in [-0.2, -0.15) is 11.8 Å². The molecule has 0 saturated carbocycles. The Hall–Kier alpha value is -2.22. The second kappa shape index (κ2) is 9.31. The minimum absolute atomic E-state index is 0.247. The third-order valence-electron chi connectivity index (χ3n) is 3.91. The number of thioether (sulfide) groups is 1. The van der Waals surface area contributed by atoms with Gasteiger partial charge in [-0.25, -0.2) is 4.79 Å². The number of hydrogen-bond acceptors (Lipinski definition) is 5. The van der Waals surface area contributed by atoms with Crippen molar-refractivity contribution in [3.63, 3.8) is 0 Å². The first kappa shape index (κ1) is 19.1. The highest BCUT2D eigenvalue weighted by Gasteiger charge is 2.38. The molecule has 1 atom stereocenters. The zero-order chi connectivity index (χ0) is 18.2. The molecule has 1 heterocycles. The standard InChI is InChI=1S/C17H23N3O4S/c1-24-13-5-3-12(4-6-13)7-9-18-15(21)11-20-16(22)14(8-10-25-2)19-17(20)23/h3-6,14H,7-11H2,1-2H3,(H,18,21)(H,19,23)/t14-/m0/s1. The summed E-state index contributed by atoms with van der Waals surface area (Å²) in [5, 5.41) is 5.36. The van der Waals surface area contributed by atoms with E-state index in [4.69, 9.17) is 4.74 Å². The number of amides is 4. The third-order valence-corrected chi connectivity index (χ3v) is 4.56. The van der Waals surface area contributed by atoms with Crippen LogP contribution in [0, 0.1) is 0 Å². The Labute approximate surface area is 151 Å². The van der Waals surface area contributed by atoms with Crippen molar-refractivity contribution < 1.29 is 19.1 Å². The smallest absolute Gasteiger partial charge is 0.325 e. The minimum atomic E-state index is -0.521. The van der Waals surface area contributed by atoms with Gasteiger partial charge in [0.1, 0.15) is 18.3 Å². The second-order valence-corrected chi connectivity index (χ2v) is 6.64. The molecule has 0 spiro atoms. The molecule has 2 rings (SSSR count). The Morgan fingerprint density at radius 1 is 1.32 bits per heavy atom. The predicted octanol–water partition coefficient (Wildman–Crippen LogP) is 1.03. The van der Waals surface area contributed by atoms with Crippen molar-refractivity contribution >= 4 is 29.6 Å². The van der Waals surface area contributed by atoms with Gasteiger partial charge in [0, 0.05) is 6.54 Å². The van der Waals surface area contributed by atoms with E-state index in [1.165, 1.54) is 0 Å². The molecule has 1 aliphatic rings. The zero-order valence-corrected chi connectivity index (χ0v) is 15.2. The highest BCUT2D eigenvalue weighted by Crippen LogP contribution is 2.12. The van der Waals surface area contributed by atoms with Crippen LogP contribution in [0.3, 0.4) is 0 Å². The van der Waals surface area contributed by atoms with Crippen LogP contribution in [0.1, 0.15) is 12.0 Å².